The van der Waals surface area contributed by atoms with Crippen molar-refractivity contribution in [3.63, 3.8) is 0 Å². The van der Waals surface area contributed by atoms with Crippen LogP contribution in [-0.2, 0) is 4.74 Å². The van der Waals surface area contributed by atoms with Crippen molar-refractivity contribution in [3.05, 3.63) is 34.1 Å². The van der Waals surface area contributed by atoms with E-state index in [1.54, 1.807) is 0 Å². The summed E-state index contributed by atoms with van der Waals surface area (Å²) in [5.41, 5.74) is -0.228. The number of nitrogens with zero attached hydrogens (tertiary/aromatic N) is 1. The van der Waals surface area contributed by atoms with Crippen LogP contribution in [0.1, 0.15) is 6.42 Å². The molecular formula is C10H10FNO4. The number of benzene rings is 1. The molecule has 1 saturated heterocycles. The van der Waals surface area contributed by atoms with Crippen molar-refractivity contribution in [2.45, 2.75) is 12.5 Å². The van der Waals surface area contributed by atoms with Gasteiger partial charge >= 0.3 is 5.69 Å². The summed E-state index contributed by atoms with van der Waals surface area (Å²) in [4.78, 5) is 10.1. The van der Waals surface area contributed by atoms with Gasteiger partial charge in [-0.25, -0.2) is 4.39 Å². The topological polar surface area (TPSA) is 61.6 Å². The molecule has 2 rings (SSSR count). The third kappa shape index (κ3) is 2.27. The van der Waals surface area contributed by atoms with Gasteiger partial charge < -0.3 is 9.47 Å². The Morgan fingerprint density at radius 2 is 2.38 bits per heavy atom. The van der Waals surface area contributed by atoms with Crippen molar-refractivity contribution in [3.8, 4) is 5.75 Å². The van der Waals surface area contributed by atoms with Gasteiger partial charge in [0.05, 0.1) is 18.1 Å². The minimum atomic E-state index is -0.593. The monoisotopic (exact) mass is 227 g/mol. The maximum absolute atomic E-state index is 13.0. The Labute approximate surface area is 90.9 Å². The summed E-state index contributed by atoms with van der Waals surface area (Å²) in [6.07, 6.45) is 0.425. The van der Waals surface area contributed by atoms with Crippen LogP contribution in [0.15, 0.2) is 18.2 Å². The first-order valence-corrected chi connectivity index (χ1v) is 4.85. The van der Waals surface area contributed by atoms with Crippen LogP contribution >= 0.6 is 0 Å². The van der Waals surface area contributed by atoms with Crippen LogP contribution in [-0.4, -0.2) is 24.2 Å². The lowest BCUT2D eigenvalue weighted by molar-refractivity contribution is -0.386. The third-order valence-corrected chi connectivity index (χ3v) is 2.30. The molecule has 0 saturated carbocycles. The molecule has 1 aliphatic heterocycles. The molecule has 0 aromatic heterocycles. The van der Waals surface area contributed by atoms with E-state index >= 15 is 0 Å². The van der Waals surface area contributed by atoms with Crippen LogP contribution in [0.5, 0.6) is 5.75 Å². The minimum Gasteiger partial charge on any atom is -0.481 e. The number of halogens is 1. The van der Waals surface area contributed by atoms with Gasteiger partial charge in [0.15, 0.2) is 5.75 Å². The zero-order valence-corrected chi connectivity index (χ0v) is 8.39. The number of hydrogen-bond acceptors (Lipinski definition) is 4. The molecule has 1 heterocycles. The molecule has 1 aromatic rings. The van der Waals surface area contributed by atoms with Crippen molar-refractivity contribution < 1.29 is 18.8 Å². The summed E-state index contributed by atoms with van der Waals surface area (Å²) in [5, 5.41) is 10.7. The van der Waals surface area contributed by atoms with Crippen molar-refractivity contribution >= 4 is 5.69 Å². The van der Waals surface area contributed by atoms with Gasteiger partial charge in [-0.05, 0) is 6.07 Å². The van der Waals surface area contributed by atoms with Crippen molar-refractivity contribution in [2.75, 3.05) is 13.2 Å². The van der Waals surface area contributed by atoms with Crippen molar-refractivity contribution in [1.82, 2.24) is 0 Å². The summed E-state index contributed by atoms with van der Waals surface area (Å²) in [6.45, 7) is 0.946. The molecule has 0 radical (unpaired) electrons. The van der Waals surface area contributed by atoms with Crippen LogP contribution in [0.25, 0.3) is 0 Å². The number of nitro benzene ring substituents is 1. The van der Waals surface area contributed by atoms with E-state index in [0.717, 1.165) is 18.2 Å². The first kappa shape index (κ1) is 10.8. The number of hydrogen-bond donors (Lipinski definition) is 0. The molecule has 1 unspecified atom stereocenters. The first-order valence-electron chi connectivity index (χ1n) is 4.85. The molecule has 0 N–H and O–H groups in total. The summed E-state index contributed by atoms with van der Waals surface area (Å²) in [5.74, 6) is -0.597. The van der Waals surface area contributed by atoms with E-state index < -0.39 is 10.7 Å². The lowest BCUT2D eigenvalue weighted by atomic mass is 10.2. The van der Waals surface area contributed by atoms with Gasteiger partial charge in [0.1, 0.15) is 11.9 Å². The van der Waals surface area contributed by atoms with Crippen LogP contribution in [0.2, 0.25) is 0 Å². The van der Waals surface area contributed by atoms with E-state index in [0.29, 0.717) is 19.6 Å². The Balaban J connectivity index is 2.22. The normalized spacial score (nSPS) is 19.7. The fourth-order valence-corrected chi connectivity index (χ4v) is 1.52. The number of rotatable bonds is 3. The predicted octanol–water partition coefficient (Wildman–Crippen LogP) is 1.90. The summed E-state index contributed by atoms with van der Waals surface area (Å²) >= 11 is 0. The second-order valence-electron chi connectivity index (χ2n) is 3.47. The second kappa shape index (κ2) is 4.44. The second-order valence-corrected chi connectivity index (χ2v) is 3.47. The van der Waals surface area contributed by atoms with Crippen LogP contribution in [0.4, 0.5) is 10.1 Å². The molecule has 0 aliphatic carbocycles. The van der Waals surface area contributed by atoms with Gasteiger partial charge in [-0.3, -0.25) is 10.1 Å². The number of ether oxygens (including phenoxy) is 2. The van der Waals surface area contributed by atoms with Crippen molar-refractivity contribution in [2.24, 2.45) is 0 Å². The lowest BCUT2D eigenvalue weighted by Crippen LogP contribution is -2.16. The smallest absolute Gasteiger partial charge is 0.311 e. The predicted molar refractivity (Wildman–Crippen MR) is 52.9 cm³/mol. The van der Waals surface area contributed by atoms with Crippen LogP contribution in [0.3, 0.4) is 0 Å². The largest absolute Gasteiger partial charge is 0.481 e. The third-order valence-electron chi connectivity index (χ3n) is 2.30. The Bertz CT molecular complexity index is 404. The van der Waals surface area contributed by atoms with E-state index in [9.17, 15) is 14.5 Å². The Morgan fingerprint density at radius 1 is 1.56 bits per heavy atom. The highest BCUT2D eigenvalue weighted by Gasteiger charge is 2.22. The van der Waals surface area contributed by atoms with Gasteiger partial charge in [-0.15, -0.1) is 0 Å². The van der Waals surface area contributed by atoms with E-state index in [1.807, 2.05) is 0 Å². The van der Waals surface area contributed by atoms with E-state index in [1.165, 1.54) is 0 Å². The van der Waals surface area contributed by atoms with Gasteiger partial charge in [-0.1, -0.05) is 0 Å². The molecule has 5 nitrogen and oxygen atoms in total. The Kier molecular flexibility index (Phi) is 3.00. The molecule has 1 atom stereocenters. The molecule has 0 bridgehead atoms. The standard InChI is InChI=1S/C10H10FNO4/c11-7-1-2-9(12(13)14)10(5-7)16-8-3-4-15-6-8/h1-2,5,8H,3-4,6H2. The van der Waals surface area contributed by atoms with Crippen LogP contribution in [0, 0.1) is 15.9 Å². The highest BCUT2D eigenvalue weighted by atomic mass is 19.1. The first-order chi connectivity index (χ1) is 7.66. The quantitative estimate of drug-likeness (QED) is 0.584. The summed E-state index contributed by atoms with van der Waals surface area (Å²) < 4.78 is 23.4. The highest BCUT2D eigenvalue weighted by molar-refractivity contribution is 5.46. The van der Waals surface area contributed by atoms with Gasteiger partial charge in [0.2, 0.25) is 0 Å². The molecule has 1 aromatic carbocycles. The molecule has 0 amide bonds. The van der Waals surface area contributed by atoms with Crippen LogP contribution < -0.4 is 4.74 Å². The Hall–Kier alpha value is -1.69. The van der Waals surface area contributed by atoms with Crippen molar-refractivity contribution in [1.29, 1.82) is 0 Å². The highest BCUT2D eigenvalue weighted by Crippen LogP contribution is 2.29. The SMILES string of the molecule is O=[N+]([O-])c1ccc(F)cc1OC1CCOC1. The zero-order chi connectivity index (χ0) is 11.5. The maximum atomic E-state index is 13.0. The summed E-state index contributed by atoms with van der Waals surface area (Å²) in [7, 11) is 0. The molecule has 6 heteroatoms. The lowest BCUT2D eigenvalue weighted by Gasteiger charge is -2.11. The Morgan fingerprint density at radius 3 is 3.00 bits per heavy atom. The summed E-state index contributed by atoms with van der Waals surface area (Å²) in [6, 6.07) is 3.16. The average molecular weight is 227 g/mol. The number of nitro groups is 1. The molecule has 16 heavy (non-hydrogen) atoms. The zero-order valence-electron chi connectivity index (χ0n) is 8.39. The van der Waals surface area contributed by atoms with E-state index in [2.05, 4.69) is 0 Å². The van der Waals surface area contributed by atoms with Gasteiger partial charge in [0.25, 0.3) is 0 Å². The fraction of sp³-hybridized carbons (Fsp3) is 0.400. The maximum Gasteiger partial charge on any atom is 0.311 e. The molecule has 1 fully saturated rings. The molecular weight excluding hydrogens is 217 g/mol. The molecule has 0 spiro atoms. The molecule has 86 valence electrons. The van der Waals surface area contributed by atoms with Gasteiger partial charge in [-0.2, -0.15) is 0 Å². The fourth-order valence-electron chi connectivity index (χ4n) is 1.52. The minimum absolute atomic E-state index is 0.0412. The van der Waals surface area contributed by atoms with E-state index in [4.69, 9.17) is 9.47 Å². The molecule has 1 aliphatic rings. The average Bonchev–Trinajstić information content (AvgIpc) is 2.70. The van der Waals surface area contributed by atoms with Gasteiger partial charge in [0, 0.05) is 18.6 Å². The van der Waals surface area contributed by atoms with E-state index in [-0.39, 0.29) is 17.5 Å².